The van der Waals surface area contributed by atoms with Crippen molar-refractivity contribution in [3.05, 3.63) is 65.2 Å². The number of amides is 1. The Hall–Kier alpha value is -2.53. The molecule has 0 bridgehead atoms. The molecule has 0 fully saturated rings. The van der Waals surface area contributed by atoms with Gasteiger partial charge in [-0.15, -0.1) is 6.42 Å². The molecule has 0 spiro atoms. The number of anilines is 1. The van der Waals surface area contributed by atoms with E-state index in [1.54, 1.807) is 24.3 Å². The molecule has 0 saturated carbocycles. The summed E-state index contributed by atoms with van der Waals surface area (Å²) < 4.78 is 0. The van der Waals surface area contributed by atoms with Crippen LogP contribution in [0.3, 0.4) is 0 Å². The number of aryl methyl sites for hydroxylation is 1. The number of para-hydroxylation sites is 1. The van der Waals surface area contributed by atoms with Crippen LogP contribution in [-0.4, -0.2) is 5.91 Å². The van der Waals surface area contributed by atoms with E-state index in [-0.39, 0.29) is 5.91 Å². The molecular formula is C16H13NO. The first-order chi connectivity index (χ1) is 8.70. The molecule has 1 amide bonds. The van der Waals surface area contributed by atoms with Gasteiger partial charge in [-0.05, 0) is 42.8 Å². The summed E-state index contributed by atoms with van der Waals surface area (Å²) in [4.78, 5) is 12.0. The van der Waals surface area contributed by atoms with E-state index in [2.05, 4.69) is 11.2 Å². The van der Waals surface area contributed by atoms with E-state index in [0.717, 1.165) is 16.8 Å². The lowest BCUT2D eigenvalue weighted by atomic mass is 10.1. The summed E-state index contributed by atoms with van der Waals surface area (Å²) in [5, 5.41) is 2.87. The summed E-state index contributed by atoms with van der Waals surface area (Å²) in [6.45, 7) is 1.96. The van der Waals surface area contributed by atoms with Gasteiger partial charge in [-0.3, -0.25) is 4.79 Å². The van der Waals surface area contributed by atoms with Crippen LogP contribution in [0, 0.1) is 19.3 Å². The highest BCUT2D eigenvalue weighted by molar-refractivity contribution is 6.04. The number of terminal acetylenes is 1. The average molecular weight is 235 g/mol. The maximum Gasteiger partial charge on any atom is 0.255 e. The molecule has 0 aliphatic rings. The number of nitrogens with one attached hydrogen (secondary N) is 1. The minimum atomic E-state index is -0.132. The van der Waals surface area contributed by atoms with Gasteiger partial charge in [0.15, 0.2) is 0 Å². The number of rotatable bonds is 2. The molecule has 2 rings (SSSR count). The van der Waals surface area contributed by atoms with E-state index in [9.17, 15) is 4.79 Å². The zero-order valence-electron chi connectivity index (χ0n) is 10.1. The molecule has 88 valence electrons. The Morgan fingerprint density at radius 3 is 2.39 bits per heavy atom. The van der Waals surface area contributed by atoms with Crippen LogP contribution in [0.5, 0.6) is 0 Å². The Kier molecular flexibility index (Phi) is 3.45. The third-order valence-corrected chi connectivity index (χ3v) is 2.71. The molecule has 0 saturated heterocycles. The van der Waals surface area contributed by atoms with Crippen LogP contribution >= 0.6 is 0 Å². The highest BCUT2D eigenvalue weighted by atomic mass is 16.1. The topological polar surface area (TPSA) is 29.1 Å². The maximum absolute atomic E-state index is 12.0. The first kappa shape index (κ1) is 11.9. The first-order valence-corrected chi connectivity index (χ1v) is 5.64. The molecule has 2 aromatic carbocycles. The van der Waals surface area contributed by atoms with Crippen LogP contribution < -0.4 is 5.32 Å². The summed E-state index contributed by atoms with van der Waals surface area (Å²) in [5.74, 6) is 2.39. The number of benzene rings is 2. The minimum absolute atomic E-state index is 0.132. The number of carbonyl (C=O) groups excluding carboxylic acids is 1. The second-order valence-electron chi connectivity index (χ2n) is 3.99. The minimum Gasteiger partial charge on any atom is -0.322 e. The summed E-state index contributed by atoms with van der Waals surface area (Å²) in [5.41, 5.74) is 3.22. The Morgan fingerprint density at radius 1 is 1.11 bits per heavy atom. The summed E-state index contributed by atoms with van der Waals surface area (Å²) in [7, 11) is 0. The Balaban J connectivity index is 2.17. The molecular weight excluding hydrogens is 222 g/mol. The van der Waals surface area contributed by atoms with Gasteiger partial charge in [0, 0.05) is 16.8 Å². The van der Waals surface area contributed by atoms with Crippen LogP contribution in [0.2, 0.25) is 0 Å². The van der Waals surface area contributed by atoms with Crippen LogP contribution in [0.15, 0.2) is 48.5 Å². The molecule has 1 N–H and O–H groups in total. The van der Waals surface area contributed by atoms with Crippen LogP contribution in [0.1, 0.15) is 21.5 Å². The largest absolute Gasteiger partial charge is 0.322 e. The fourth-order valence-corrected chi connectivity index (χ4v) is 1.63. The van der Waals surface area contributed by atoms with Crippen molar-refractivity contribution >= 4 is 11.6 Å². The molecule has 0 aliphatic carbocycles. The first-order valence-electron chi connectivity index (χ1n) is 5.64. The monoisotopic (exact) mass is 235 g/mol. The van der Waals surface area contributed by atoms with Gasteiger partial charge >= 0.3 is 0 Å². The van der Waals surface area contributed by atoms with Crippen molar-refractivity contribution in [3.63, 3.8) is 0 Å². The Morgan fingerprint density at radius 2 is 1.78 bits per heavy atom. The van der Waals surface area contributed by atoms with E-state index in [0.29, 0.717) is 5.56 Å². The van der Waals surface area contributed by atoms with Gasteiger partial charge in [-0.1, -0.05) is 24.1 Å². The van der Waals surface area contributed by atoms with Crippen LogP contribution in [-0.2, 0) is 0 Å². The number of carbonyl (C=O) groups is 1. The van der Waals surface area contributed by atoms with E-state index in [4.69, 9.17) is 6.42 Å². The lowest BCUT2D eigenvalue weighted by molar-refractivity contribution is 0.102. The van der Waals surface area contributed by atoms with Crippen molar-refractivity contribution in [2.75, 3.05) is 5.32 Å². The van der Waals surface area contributed by atoms with E-state index in [1.807, 2.05) is 31.2 Å². The van der Waals surface area contributed by atoms with Crippen molar-refractivity contribution in [2.45, 2.75) is 6.92 Å². The molecule has 0 aromatic heterocycles. The van der Waals surface area contributed by atoms with E-state index < -0.39 is 0 Å². The highest BCUT2D eigenvalue weighted by Crippen LogP contribution is 2.14. The molecule has 0 unspecified atom stereocenters. The van der Waals surface area contributed by atoms with Gasteiger partial charge in [0.25, 0.3) is 5.91 Å². The normalized spacial score (nSPS) is 9.56. The van der Waals surface area contributed by atoms with Gasteiger partial charge < -0.3 is 5.32 Å². The zero-order valence-corrected chi connectivity index (χ0v) is 10.1. The lowest BCUT2D eigenvalue weighted by Crippen LogP contribution is -2.12. The fourth-order valence-electron chi connectivity index (χ4n) is 1.63. The standard InChI is InChI=1S/C16H13NO/c1-3-13-8-10-14(11-9-13)16(18)17-15-7-5-4-6-12(15)2/h1,4-11H,2H3,(H,17,18). The zero-order chi connectivity index (χ0) is 13.0. The van der Waals surface area contributed by atoms with Crippen LogP contribution in [0.25, 0.3) is 0 Å². The predicted molar refractivity (Wildman–Crippen MR) is 73.5 cm³/mol. The predicted octanol–water partition coefficient (Wildman–Crippen LogP) is 3.23. The smallest absolute Gasteiger partial charge is 0.255 e. The summed E-state index contributed by atoms with van der Waals surface area (Å²) in [6, 6.07) is 14.6. The van der Waals surface area contributed by atoms with E-state index in [1.165, 1.54) is 0 Å². The molecule has 2 heteroatoms. The molecule has 0 heterocycles. The highest BCUT2D eigenvalue weighted by Gasteiger charge is 2.06. The molecule has 0 radical (unpaired) electrons. The third-order valence-electron chi connectivity index (χ3n) is 2.71. The molecule has 2 nitrogen and oxygen atoms in total. The van der Waals surface area contributed by atoms with Crippen molar-refractivity contribution in [2.24, 2.45) is 0 Å². The van der Waals surface area contributed by atoms with Gasteiger partial charge in [0.2, 0.25) is 0 Å². The van der Waals surface area contributed by atoms with Crippen molar-refractivity contribution < 1.29 is 4.79 Å². The van der Waals surface area contributed by atoms with Crippen molar-refractivity contribution in [1.82, 2.24) is 0 Å². The molecule has 18 heavy (non-hydrogen) atoms. The van der Waals surface area contributed by atoms with Gasteiger partial charge in [-0.2, -0.15) is 0 Å². The van der Waals surface area contributed by atoms with Gasteiger partial charge in [0.1, 0.15) is 0 Å². The summed E-state index contributed by atoms with van der Waals surface area (Å²) in [6.07, 6.45) is 5.27. The Labute approximate surface area is 107 Å². The van der Waals surface area contributed by atoms with Crippen LogP contribution in [0.4, 0.5) is 5.69 Å². The van der Waals surface area contributed by atoms with E-state index >= 15 is 0 Å². The van der Waals surface area contributed by atoms with Crippen molar-refractivity contribution in [3.8, 4) is 12.3 Å². The number of hydrogen-bond acceptors (Lipinski definition) is 1. The average Bonchev–Trinajstić information content (AvgIpc) is 2.41. The lowest BCUT2D eigenvalue weighted by Gasteiger charge is -2.07. The summed E-state index contributed by atoms with van der Waals surface area (Å²) >= 11 is 0. The van der Waals surface area contributed by atoms with Gasteiger partial charge in [0.05, 0.1) is 0 Å². The molecule has 0 aliphatic heterocycles. The third kappa shape index (κ3) is 2.58. The Bertz CT molecular complexity index is 606. The maximum atomic E-state index is 12.0. The van der Waals surface area contributed by atoms with Gasteiger partial charge in [-0.25, -0.2) is 0 Å². The second kappa shape index (κ2) is 5.20. The molecule has 0 atom stereocenters. The van der Waals surface area contributed by atoms with Crippen molar-refractivity contribution in [1.29, 1.82) is 0 Å². The SMILES string of the molecule is C#Cc1ccc(C(=O)Nc2ccccc2C)cc1. The second-order valence-corrected chi connectivity index (χ2v) is 3.99. The quantitative estimate of drug-likeness (QED) is 0.795. The molecule has 2 aromatic rings. The number of hydrogen-bond donors (Lipinski definition) is 1. The fraction of sp³-hybridized carbons (Fsp3) is 0.0625.